The lowest BCUT2D eigenvalue weighted by Gasteiger charge is -2.21. The normalized spacial score (nSPS) is 14.7. The monoisotopic (exact) mass is 307 g/mol. The third-order valence-corrected chi connectivity index (χ3v) is 6.74. The maximum Gasteiger partial charge on any atom is 0.265 e. The molecule has 1 aliphatic heterocycles. The highest BCUT2D eigenvalue weighted by molar-refractivity contribution is 7.93. The minimum absolute atomic E-state index is 0.455. The third-order valence-electron chi connectivity index (χ3n) is 3.72. The first-order valence-corrected chi connectivity index (χ1v) is 8.85. The van der Waals surface area contributed by atoms with Crippen molar-refractivity contribution in [2.75, 3.05) is 10.8 Å². The summed E-state index contributed by atoms with van der Waals surface area (Å²) in [7, 11) is -3.44. The number of nitrogens with zero attached hydrogens (tertiary/aromatic N) is 1. The molecule has 0 bridgehead atoms. The Morgan fingerprint density at radius 2 is 1.95 bits per heavy atom. The molecule has 1 aliphatic rings. The molecule has 3 rings (SSSR count). The van der Waals surface area contributed by atoms with Crippen LogP contribution >= 0.6 is 11.3 Å². The number of rotatable bonds is 2. The number of hydrogen-bond donors (Lipinski definition) is 0. The molecule has 0 radical (unpaired) electrons. The topological polar surface area (TPSA) is 37.4 Å². The Labute approximate surface area is 123 Å². The Balaban J connectivity index is 2.14. The fourth-order valence-corrected chi connectivity index (χ4v) is 5.93. The van der Waals surface area contributed by atoms with Gasteiger partial charge < -0.3 is 0 Å². The van der Waals surface area contributed by atoms with Gasteiger partial charge in [0.15, 0.2) is 0 Å². The second-order valence-corrected chi connectivity index (χ2v) is 8.48. The van der Waals surface area contributed by atoms with Gasteiger partial charge >= 0.3 is 0 Å². The lowest BCUT2D eigenvalue weighted by Crippen LogP contribution is -2.29. The molecule has 3 nitrogen and oxygen atoms in total. The zero-order valence-electron chi connectivity index (χ0n) is 11.8. The Hall–Kier alpha value is -1.33. The van der Waals surface area contributed by atoms with Crippen LogP contribution in [0.5, 0.6) is 0 Å². The molecule has 0 fully saturated rings. The molecule has 0 amide bonds. The molecular formula is C15H17NO2S2. The summed E-state index contributed by atoms with van der Waals surface area (Å²) in [6.45, 7) is 6.33. The van der Waals surface area contributed by atoms with Gasteiger partial charge in [0.2, 0.25) is 0 Å². The minimum Gasteiger partial charge on any atom is -0.265 e. The summed E-state index contributed by atoms with van der Waals surface area (Å²) in [5, 5.41) is 0. The van der Waals surface area contributed by atoms with Gasteiger partial charge in [-0.3, -0.25) is 4.31 Å². The maximum atomic E-state index is 12.9. The van der Waals surface area contributed by atoms with Crippen LogP contribution in [-0.4, -0.2) is 15.0 Å². The van der Waals surface area contributed by atoms with Gasteiger partial charge in [-0.25, -0.2) is 8.42 Å². The number of aryl methyl sites for hydroxylation is 3. The van der Waals surface area contributed by atoms with E-state index in [9.17, 15) is 8.42 Å². The summed E-state index contributed by atoms with van der Waals surface area (Å²) in [6.07, 6.45) is 0.790. The smallest absolute Gasteiger partial charge is 0.265 e. The van der Waals surface area contributed by atoms with Crippen LogP contribution in [0, 0.1) is 20.8 Å². The molecular weight excluding hydrogens is 290 g/mol. The Kier molecular flexibility index (Phi) is 3.14. The first-order chi connectivity index (χ1) is 9.41. The van der Waals surface area contributed by atoms with Gasteiger partial charge in [0.25, 0.3) is 10.0 Å². The van der Waals surface area contributed by atoms with Crippen molar-refractivity contribution in [3.8, 4) is 0 Å². The largest absolute Gasteiger partial charge is 0.265 e. The molecule has 0 saturated carbocycles. The Morgan fingerprint density at radius 3 is 2.60 bits per heavy atom. The van der Waals surface area contributed by atoms with Gasteiger partial charge in [-0.2, -0.15) is 0 Å². The van der Waals surface area contributed by atoms with Crippen LogP contribution in [0.2, 0.25) is 0 Å². The molecule has 0 atom stereocenters. The van der Waals surface area contributed by atoms with Crippen LogP contribution in [0.3, 0.4) is 0 Å². The zero-order valence-corrected chi connectivity index (χ0v) is 13.4. The molecule has 2 aromatic rings. The van der Waals surface area contributed by atoms with E-state index in [1.165, 1.54) is 11.3 Å². The van der Waals surface area contributed by atoms with Crippen LogP contribution in [0.1, 0.15) is 20.9 Å². The summed E-state index contributed by atoms with van der Waals surface area (Å²) in [6, 6.07) is 7.76. The van der Waals surface area contributed by atoms with Gasteiger partial charge in [-0.05, 0) is 44.4 Å². The van der Waals surface area contributed by atoms with Crippen molar-refractivity contribution in [2.45, 2.75) is 32.1 Å². The lowest BCUT2D eigenvalue weighted by molar-refractivity contribution is 0.592. The molecule has 1 aromatic carbocycles. The van der Waals surface area contributed by atoms with Gasteiger partial charge in [-0.1, -0.05) is 18.2 Å². The molecule has 0 saturated heterocycles. The van der Waals surface area contributed by atoms with Crippen LogP contribution in [0.25, 0.3) is 0 Å². The number of fused-ring (bicyclic) bond motifs is 1. The first kappa shape index (κ1) is 13.6. The summed E-state index contributed by atoms with van der Waals surface area (Å²) in [5.41, 5.74) is 3.02. The van der Waals surface area contributed by atoms with E-state index in [2.05, 4.69) is 0 Å². The van der Waals surface area contributed by atoms with Crippen LogP contribution in [-0.2, 0) is 16.4 Å². The molecule has 2 heterocycles. The second kappa shape index (κ2) is 4.60. The summed E-state index contributed by atoms with van der Waals surface area (Å²) in [5.74, 6) is 0. The molecule has 20 heavy (non-hydrogen) atoms. The fourth-order valence-electron chi connectivity index (χ4n) is 2.83. The second-order valence-electron chi connectivity index (χ2n) is 5.19. The molecule has 5 heteroatoms. The van der Waals surface area contributed by atoms with Crippen molar-refractivity contribution in [1.82, 2.24) is 0 Å². The standard InChI is InChI=1S/C15H17NO2S2/c1-10-5-4-6-13-7-8-16(15(10)13)20(17,18)14-9-11(2)19-12(14)3/h4-6,9H,7-8H2,1-3H3. The first-order valence-electron chi connectivity index (χ1n) is 6.59. The van der Waals surface area contributed by atoms with E-state index >= 15 is 0 Å². The fraction of sp³-hybridized carbons (Fsp3) is 0.333. The summed E-state index contributed by atoms with van der Waals surface area (Å²) < 4.78 is 27.4. The molecule has 0 N–H and O–H groups in total. The third kappa shape index (κ3) is 1.96. The number of thiophene rings is 1. The lowest BCUT2D eigenvalue weighted by atomic mass is 10.1. The van der Waals surface area contributed by atoms with E-state index in [-0.39, 0.29) is 0 Å². The number of anilines is 1. The van der Waals surface area contributed by atoms with E-state index < -0.39 is 10.0 Å². The molecule has 0 spiro atoms. The molecule has 1 aromatic heterocycles. The van der Waals surface area contributed by atoms with Crippen molar-refractivity contribution in [3.05, 3.63) is 45.1 Å². The maximum absolute atomic E-state index is 12.9. The van der Waals surface area contributed by atoms with Crippen molar-refractivity contribution in [2.24, 2.45) is 0 Å². The van der Waals surface area contributed by atoms with Gasteiger partial charge in [-0.15, -0.1) is 11.3 Å². The molecule has 0 unspecified atom stereocenters. The van der Waals surface area contributed by atoms with E-state index in [0.717, 1.165) is 33.0 Å². The average molecular weight is 307 g/mol. The Bertz CT molecular complexity index is 775. The predicted octanol–water partition coefficient (Wildman–Crippen LogP) is 3.42. The van der Waals surface area contributed by atoms with Gasteiger partial charge in [0.05, 0.1) is 5.69 Å². The van der Waals surface area contributed by atoms with E-state index in [1.807, 2.05) is 39.0 Å². The van der Waals surface area contributed by atoms with E-state index in [1.54, 1.807) is 10.4 Å². The molecule has 0 aliphatic carbocycles. The van der Waals surface area contributed by atoms with Crippen molar-refractivity contribution >= 4 is 27.0 Å². The average Bonchev–Trinajstić information content (AvgIpc) is 2.94. The number of para-hydroxylation sites is 1. The van der Waals surface area contributed by atoms with Crippen molar-refractivity contribution in [3.63, 3.8) is 0 Å². The summed E-state index contributed by atoms with van der Waals surface area (Å²) >= 11 is 1.53. The highest BCUT2D eigenvalue weighted by Gasteiger charge is 2.33. The zero-order chi connectivity index (χ0) is 14.5. The van der Waals surface area contributed by atoms with E-state index in [0.29, 0.717) is 11.4 Å². The highest BCUT2D eigenvalue weighted by Crippen LogP contribution is 2.37. The highest BCUT2D eigenvalue weighted by atomic mass is 32.2. The van der Waals surface area contributed by atoms with Crippen LogP contribution in [0.4, 0.5) is 5.69 Å². The quantitative estimate of drug-likeness (QED) is 0.852. The SMILES string of the molecule is Cc1cc(S(=O)(=O)N2CCc3cccc(C)c32)c(C)s1. The number of benzene rings is 1. The van der Waals surface area contributed by atoms with Crippen LogP contribution in [0.15, 0.2) is 29.2 Å². The van der Waals surface area contributed by atoms with E-state index in [4.69, 9.17) is 0 Å². The summed E-state index contributed by atoms with van der Waals surface area (Å²) in [4.78, 5) is 2.35. The van der Waals surface area contributed by atoms with Crippen LogP contribution < -0.4 is 4.31 Å². The van der Waals surface area contributed by atoms with Gasteiger partial charge in [0.1, 0.15) is 4.90 Å². The predicted molar refractivity (Wildman–Crippen MR) is 83.2 cm³/mol. The van der Waals surface area contributed by atoms with Crippen molar-refractivity contribution < 1.29 is 8.42 Å². The minimum atomic E-state index is -3.44. The molecule has 106 valence electrons. The number of hydrogen-bond acceptors (Lipinski definition) is 3. The van der Waals surface area contributed by atoms with Gasteiger partial charge in [0, 0.05) is 16.3 Å². The van der Waals surface area contributed by atoms with Crippen molar-refractivity contribution in [1.29, 1.82) is 0 Å². The number of sulfonamides is 1. The Morgan fingerprint density at radius 1 is 1.20 bits per heavy atom.